The lowest BCUT2D eigenvalue weighted by molar-refractivity contribution is 0.0955. The van der Waals surface area contributed by atoms with Crippen molar-refractivity contribution >= 4 is 35.9 Å². The van der Waals surface area contributed by atoms with Gasteiger partial charge in [0.25, 0.3) is 11.5 Å². The Balaban J connectivity index is 1.84. The topological polar surface area (TPSA) is 99.5 Å². The molecule has 0 spiro atoms. The Morgan fingerprint density at radius 2 is 2.17 bits per heavy atom. The molecule has 3 N–H and O–H groups in total. The number of hydrogen-bond donors (Lipinski definition) is 3. The summed E-state index contributed by atoms with van der Waals surface area (Å²) in [4.78, 5) is 26.4. The van der Waals surface area contributed by atoms with Crippen LogP contribution in [0.25, 0.3) is 0 Å². The van der Waals surface area contributed by atoms with E-state index in [1.165, 1.54) is 4.57 Å². The van der Waals surface area contributed by atoms with Gasteiger partial charge in [-0.2, -0.15) is 5.10 Å². The second-order valence-electron chi connectivity index (χ2n) is 5.28. The lowest BCUT2D eigenvalue weighted by Crippen LogP contribution is -2.21. The van der Waals surface area contributed by atoms with Crippen molar-refractivity contribution < 1.29 is 9.90 Å². The zero-order valence-electron chi connectivity index (χ0n) is 12.3. The molecule has 0 radical (unpaired) electrons. The molecule has 2 aromatic rings. The molecule has 1 fully saturated rings. The standard InChI is InChI=1S/C15H13ClN4O3S/c16-11-4-2-1-3-9(11)13(22)19-17-7-10-12(21)18-15(24)20(14(10)23)8-5-6-8/h1-4,7-8,23H,5-6H2,(H,19,22)(H,18,21,24)/b17-7-. The number of carbonyl (C=O) groups is 1. The highest BCUT2D eigenvalue weighted by atomic mass is 35.5. The van der Waals surface area contributed by atoms with Crippen LogP contribution in [0.15, 0.2) is 34.2 Å². The molecule has 0 bridgehead atoms. The highest BCUT2D eigenvalue weighted by molar-refractivity contribution is 7.71. The maximum Gasteiger partial charge on any atom is 0.272 e. The average Bonchev–Trinajstić information content (AvgIpc) is 3.35. The van der Waals surface area contributed by atoms with Crippen molar-refractivity contribution in [2.45, 2.75) is 18.9 Å². The molecule has 124 valence electrons. The molecule has 1 aromatic heterocycles. The van der Waals surface area contributed by atoms with Crippen molar-refractivity contribution in [2.24, 2.45) is 5.10 Å². The third-order valence-corrected chi connectivity index (χ3v) is 4.17. The molecular weight excluding hydrogens is 352 g/mol. The largest absolute Gasteiger partial charge is 0.494 e. The minimum absolute atomic E-state index is 0.0741. The molecule has 1 heterocycles. The van der Waals surface area contributed by atoms with E-state index in [1.54, 1.807) is 24.3 Å². The van der Waals surface area contributed by atoms with Gasteiger partial charge in [0.2, 0.25) is 5.88 Å². The van der Waals surface area contributed by atoms with Crippen molar-refractivity contribution in [3.8, 4) is 5.88 Å². The van der Waals surface area contributed by atoms with Gasteiger partial charge in [-0.15, -0.1) is 0 Å². The van der Waals surface area contributed by atoms with Crippen LogP contribution in [0.3, 0.4) is 0 Å². The molecule has 1 aliphatic carbocycles. The summed E-state index contributed by atoms with van der Waals surface area (Å²) in [6.07, 6.45) is 2.85. The Hall–Kier alpha value is -2.45. The number of hydrogen-bond acceptors (Lipinski definition) is 5. The number of nitrogens with zero attached hydrogens (tertiary/aromatic N) is 2. The first-order valence-corrected chi connectivity index (χ1v) is 7.93. The average molecular weight is 365 g/mol. The number of aromatic amines is 1. The monoisotopic (exact) mass is 364 g/mol. The zero-order chi connectivity index (χ0) is 17.3. The van der Waals surface area contributed by atoms with E-state index in [9.17, 15) is 14.7 Å². The summed E-state index contributed by atoms with van der Waals surface area (Å²) in [5, 5.41) is 14.2. The van der Waals surface area contributed by atoms with E-state index in [4.69, 9.17) is 23.8 Å². The van der Waals surface area contributed by atoms with E-state index >= 15 is 0 Å². The highest BCUT2D eigenvalue weighted by Crippen LogP contribution is 2.37. The van der Waals surface area contributed by atoms with Gasteiger partial charge < -0.3 is 5.11 Å². The fourth-order valence-electron chi connectivity index (χ4n) is 2.20. The van der Waals surface area contributed by atoms with Gasteiger partial charge in [0, 0.05) is 6.04 Å². The van der Waals surface area contributed by atoms with Crippen LogP contribution in [-0.4, -0.2) is 26.8 Å². The van der Waals surface area contributed by atoms with Crippen molar-refractivity contribution in [1.82, 2.24) is 15.0 Å². The van der Waals surface area contributed by atoms with Crippen molar-refractivity contribution in [1.29, 1.82) is 0 Å². The number of hydrazone groups is 1. The molecule has 0 saturated heterocycles. The van der Waals surface area contributed by atoms with Gasteiger partial charge in [-0.3, -0.25) is 19.1 Å². The Kier molecular flexibility index (Phi) is 4.50. The first kappa shape index (κ1) is 16.4. The van der Waals surface area contributed by atoms with E-state index < -0.39 is 11.5 Å². The minimum atomic E-state index is -0.579. The summed E-state index contributed by atoms with van der Waals surface area (Å²) in [5.74, 6) is -0.787. The molecule has 3 rings (SSSR count). The smallest absolute Gasteiger partial charge is 0.272 e. The van der Waals surface area contributed by atoms with Crippen LogP contribution in [-0.2, 0) is 0 Å². The van der Waals surface area contributed by atoms with Gasteiger partial charge >= 0.3 is 0 Å². The van der Waals surface area contributed by atoms with E-state index in [2.05, 4.69) is 15.5 Å². The number of rotatable bonds is 4. The number of benzene rings is 1. The van der Waals surface area contributed by atoms with Crippen LogP contribution >= 0.6 is 23.8 Å². The maximum atomic E-state index is 12.0. The Morgan fingerprint density at radius 1 is 1.46 bits per heavy atom. The summed E-state index contributed by atoms with van der Waals surface area (Å²) in [6, 6.07) is 6.58. The molecule has 1 saturated carbocycles. The predicted molar refractivity (Wildman–Crippen MR) is 92.3 cm³/mol. The second kappa shape index (κ2) is 6.58. The minimum Gasteiger partial charge on any atom is -0.494 e. The summed E-state index contributed by atoms with van der Waals surface area (Å²) < 4.78 is 1.64. The maximum absolute atomic E-state index is 12.0. The number of nitrogens with one attached hydrogen (secondary N) is 2. The SMILES string of the molecule is O=C(N/N=C\c1c(O)n(C2CC2)c(=S)[nH]c1=O)c1ccccc1Cl. The Bertz CT molecular complexity index is 946. The molecule has 0 unspecified atom stereocenters. The predicted octanol–water partition coefficient (Wildman–Crippen LogP) is 2.36. The number of halogens is 1. The van der Waals surface area contributed by atoms with Crippen LogP contribution in [0.2, 0.25) is 5.02 Å². The van der Waals surface area contributed by atoms with Crippen LogP contribution < -0.4 is 11.0 Å². The second-order valence-corrected chi connectivity index (χ2v) is 6.07. The molecule has 7 nitrogen and oxygen atoms in total. The summed E-state index contributed by atoms with van der Waals surface area (Å²) in [6.45, 7) is 0. The summed E-state index contributed by atoms with van der Waals surface area (Å²) in [7, 11) is 0. The fraction of sp³-hybridized carbons (Fsp3) is 0.200. The number of amides is 1. The van der Waals surface area contributed by atoms with Crippen LogP contribution in [0.4, 0.5) is 0 Å². The lowest BCUT2D eigenvalue weighted by Gasteiger charge is -2.09. The molecule has 1 amide bonds. The highest BCUT2D eigenvalue weighted by Gasteiger charge is 2.27. The third kappa shape index (κ3) is 3.24. The van der Waals surface area contributed by atoms with Gasteiger partial charge in [-0.05, 0) is 37.2 Å². The molecular formula is C15H13ClN4O3S. The van der Waals surface area contributed by atoms with E-state index in [1.807, 2.05) is 0 Å². The number of aromatic hydroxyl groups is 1. The van der Waals surface area contributed by atoms with Crippen molar-refractivity contribution in [3.05, 3.63) is 55.5 Å². The zero-order valence-corrected chi connectivity index (χ0v) is 13.9. The summed E-state index contributed by atoms with van der Waals surface area (Å²) >= 11 is 11.0. The molecule has 1 aromatic carbocycles. The van der Waals surface area contributed by atoms with Crippen LogP contribution in [0.5, 0.6) is 5.88 Å². The number of aromatic nitrogens is 2. The van der Waals surface area contributed by atoms with Gasteiger partial charge in [0.05, 0.1) is 16.8 Å². The van der Waals surface area contributed by atoms with Crippen LogP contribution in [0, 0.1) is 4.77 Å². The van der Waals surface area contributed by atoms with Gasteiger partial charge in [0.15, 0.2) is 4.77 Å². The van der Waals surface area contributed by atoms with Gasteiger partial charge in [-0.25, -0.2) is 5.43 Å². The number of carbonyl (C=O) groups excluding carboxylic acids is 1. The molecule has 0 aliphatic heterocycles. The molecule has 0 atom stereocenters. The lowest BCUT2D eigenvalue weighted by atomic mass is 10.2. The fourth-order valence-corrected chi connectivity index (χ4v) is 2.75. The Labute approximate surface area is 146 Å². The van der Waals surface area contributed by atoms with Crippen molar-refractivity contribution in [2.75, 3.05) is 0 Å². The van der Waals surface area contributed by atoms with E-state index in [-0.39, 0.29) is 32.8 Å². The van der Waals surface area contributed by atoms with Crippen LogP contribution in [0.1, 0.15) is 34.8 Å². The molecule has 1 aliphatic rings. The third-order valence-electron chi connectivity index (χ3n) is 3.54. The molecule has 24 heavy (non-hydrogen) atoms. The summed E-state index contributed by atoms with van der Waals surface area (Å²) in [5.41, 5.74) is 1.87. The first-order valence-electron chi connectivity index (χ1n) is 7.14. The number of H-pyrrole nitrogens is 1. The van der Waals surface area contributed by atoms with E-state index in [0.29, 0.717) is 0 Å². The van der Waals surface area contributed by atoms with Crippen molar-refractivity contribution in [3.63, 3.8) is 0 Å². The Morgan fingerprint density at radius 3 is 2.83 bits per heavy atom. The molecule has 9 heteroatoms. The first-order chi connectivity index (χ1) is 11.5. The van der Waals surface area contributed by atoms with Gasteiger partial charge in [-0.1, -0.05) is 23.7 Å². The van der Waals surface area contributed by atoms with Gasteiger partial charge in [0.1, 0.15) is 5.56 Å². The normalized spacial score (nSPS) is 14.0. The quantitative estimate of drug-likeness (QED) is 0.440. The van der Waals surface area contributed by atoms with E-state index in [0.717, 1.165) is 19.1 Å².